The number of rotatable bonds is 7. The molecule has 13 heteroatoms. The second-order valence-electron chi connectivity index (χ2n) is 12.2. The smallest absolute Gasteiger partial charge is 0.305 e. The minimum Gasteiger partial charge on any atom is -0.497 e. The van der Waals surface area contributed by atoms with Crippen molar-refractivity contribution in [1.29, 1.82) is 0 Å². The lowest BCUT2D eigenvalue weighted by Gasteiger charge is -2.43. The first kappa shape index (κ1) is 30.6. The van der Waals surface area contributed by atoms with Gasteiger partial charge in [0.25, 0.3) is 5.91 Å². The Labute approximate surface area is 287 Å². The normalized spacial score (nSPS) is 27.0. The summed E-state index contributed by atoms with van der Waals surface area (Å²) in [6.07, 6.45) is 0.760. The molecule has 0 spiro atoms. The Morgan fingerprint density at radius 3 is 2.47 bits per heavy atom. The van der Waals surface area contributed by atoms with Crippen molar-refractivity contribution in [2.75, 3.05) is 23.9 Å². The molecule has 1 aromatic heterocycles. The molecule has 7 atom stereocenters. The molecule has 4 aliphatic rings. The van der Waals surface area contributed by atoms with Crippen molar-refractivity contribution in [2.24, 2.45) is 29.6 Å². The molecule has 3 heterocycles. The zero-order valence-electron chi connectivity index (χ0n) is 24.8. The molecule has 2 aliphatic heterocycles. The molecule has 3 fully saturated rings. The first-order valence-electron chi connectivity index (χ1n) is 15.1. The van der Waals surface area contributed by atoms with Gasteiger partial charge in [-0.15, -0.1) is 11.8 Å². The molecule has 2 N–H and O–H groups in total. The van der Waals surface area contributed by atoms with Crippen LogP contribution in [0.15, 0.2) is 76.6 Å². The number of anilines is 2. The summed E-state index contributed by atoms with van der Waals surface area (Å²) in [4.78, 5) is 58.7. The molecule has 0 radical (unpaired) electrons. The van der Waals surface area contributed by atoms with Gasteiger partial charge in [-0.25, -0.2) is 0 Å². The van der Waals surface area contributed by atoms with Crippen molar-refractivity contribution in [3.8, 4) is 11.5 Å². The average molecular weight is 709 g/mol. The fraction of sp³-hybridized carbons (Fsp3) is 0.294. The fourth-order valence-corrected chi connectivity index (χ4v) is 11.3. The number of carbonyl (C=O) groups excluding carboxylic acids is 3. The number of halogens is 2. The zero-order valence-corrected chi connectivity index (χ0v) is 27.9. The molecule has 6 unspecified atom stereocenters. The number of aromatic nitrogens is 1. The Morgan fingerprint density at radius 2 is 1.72 bits per heavy atom. The quantitative estimate of drug-likeness (QED) is 0.212. The lowest BCUT2D eigenvalue weighted by Crippen LogP contribution is -2.42. The van der Waals surface area contributed by atoms with Crippen LogP contribution in [0.2, 0.25) is 10.0 Å². The molecule has 240 valence electrons. The van der Waals surface area contributed by atoms with Crippen molar-refractivity contribution in [1.82, 2.24) is 4.98 Å². The number of fused-ring (bicyclic) bond motifs is 9. The number of benzene rings is 3. The lowest BCUT2D eigenvalue weighted by molar-refractivity contribution is -0.123. The summed E-state index contributed by atoms with van der Waals surface area (Å²) in [5.41, 5.74) is 1.88. The Morgan fingerprint density at radius 1 is 0.979 bits per heavy atom. The Kier molecular flexibility index (Phi) is 7.63. The third-order valence-electron chi connectivity index (χ3n) is 9.87. The summed E-state index contributed by atoms with van der Waals surface area (Å²) >= 11 is 14.9. The van der Waals surface area contributed by atoms with Crippen molar-refractivity contribution in [2.45, 2.75) is 22.6 Å². The number of nitrogens with zero attached hydrogens (tertiary/aromatic N) is 1. The third-order valence-corrected chi connectivity index (χ3v) is 13.2. The number of H-pyrrole nitrogens is 1. The Hall–Kier alpha value is -3.77. The van der Waals surface area contributed by atoms with Gasteiger partial charge in [0.1, 0.15) is 11.5 Å². The summed E-state index contributed by atoms with van der Waals surface area (Å²) in [5, 5.41) is 4.30. The largest absolute Gasteiger partial charge is 0.497 e. The van der Waals surface area contributed by atoms with E-state index in [2.05, 4.69) is 10.3 Å². The van der Waals surface area contributed by atoms with Gasteiger partial charge >= 0.3 is 4.87 Å². The number of aromatic amines is 1. The highest BCUT2D eigenvalue weighted by Crippen LogP contribution is 2.69. The maximum Gasteiger partial charge on any atom is 0.305 e. The van der Waals surface area contributed by atoms with E-state index in [1.165, 1.54) is 16.2 Å². The molecule has 2 aliphatic carbocycles. The van der Waals surface area contributed by atoms with Crippen LogP contribution >= 0.6 is 46.3 Å². The average Bonchev–Trinajstić information content (AvgIpc) is 3.81. The molecule has 3 aromatic carbocycles. The van der Waals surface area contributed by atoms with Crippen LogP contribution in [-0.2, 0) is 14.4 Å². The summed E-state index contributed by atoms with van der Waals surface area (Å²) in [6, 6.07) is 19.4. The number of ether oxygens (including phenoxy) is 2. The first-order chi connectivity index (χ1) is 22.7. The molecular weight excluding hydrogens is 681 g/mol. The number of amides is 3. The van der Waals surface area contributed by atoms with Gasteiger partial charge in [-0.3, -0.25) is 24.1 Å². The second kappa shape index (κ2) is 11.7. The van der Waals surface area contributed by atoms with Gasteiger partial charge in [0.2, 0.25) is 11.8 Å². The number of methoxy groups -OCH3 is 1. The second-order valence-corrected chi connectivity index (χ2v) is 15.2. The van der Waals surface area contributed by atoms with Crippen LogP contribution in [0, 0.1) is 29.6 Å². The van der Waals surface area contributed by atoms with Gasteiger partial charge in [-0.05, 0) is 72.7 Å². The number of thiazole rings is 1. The van der Waals surface area contributed by atoms with Crippen LogP contribution in [0.4, 0.5) is 11.4 Å². The van der Waals surface area contributed by atoms with Crippen LogP contribution in [0.5, 0.6) is 11.5 Å². The highest BCUT2D eigenvalue weighted by molar-refractivity contribution is 8.00. The van der Waals surface area contributed by atoms with E-state index < -0.39 is 11.8 Å². The molecule has 2 bridgehead atoms. The van der Waals surface area contributed by atoms with Crippen LogP contribution in [0.3, 0.4) is 0 Å². The Balaban J connectivity index is 1.11. The van der Waals surface area contributed by atoms with E-state index in [-0.39, 0.29) is 58.1 Å². The maximum absolute atomic E-state index is 14.1. The number of hydrogen-bond acceptors (Lipinski definition) is 8. The zero-order chi connectivity index (χ0) is 32.6. The minimum atomic E-state index is -0.443. The van der Waals surface area contributed by atoms with Gasteiger partial charge in [-0.1, -0.05) is 52.7 Å². The topological polar surface area (TPSA) is 118 Å². The van der Waals surface area contributed by atoms with Gasteiger partial charge in [0.15, 0.2) is 6.61 Å². The SMILES string of the molecule is COc1ccc(N2C(=O)C3C4CC(C3C2=O)C2C4Sc3[nH]c(=O)sc3[C@@H]2c2ccccc2OCC(=O)Nc2ccc(Cl)c(Cl)c2)cc1. The predicted molar refractivity (Wildman–Crippen MR) is 181 cm³/mol. The maximum atomic E-state index is 14.1. The van der Waals surface area contributed by atoms with Crippen LogP contribution in [0.1, 0.15) is 22.8 Å². The minimum absolute atomic E-state index is 0.0163. The molecule has 4 aromatic rings. The summed E-state index contributed by atoms with van der Waals surface area (Å²) in [6.45, 7) is -0.260. The van der Waals surface area contributed by atoms with Crippen LogP contribution in [0.25, 0.3) is 0 Å². The number of para-hydroxylation sites is 1. The van der Waals surface area contributed by atoms with Crippen molar-refractivity contribution < 1.29 is 23.9 Å². The van der Waals surface area contributed by atoms with Crippen molar-refractivity contribution in [3.63, 3.8) is 0 Å². The predicted octanol–water partition coefficient (Wildman–Crippen LogP) is 6.45. The van der Waals surface area contributed by atoms with Crippen molar-refractivity contribution >= 4 is 75.4 Å². The Bertz CT molecular complexity index is 2000. The van der Waals surface area contributed by atoms with E-state index in [1.54, 1.807) is 61.3 Å². The van der Waals surface area contributed by atoms with Gasteiger partial charge in [0.05, 0.1) is 39.7 Å². The monoisotopic (exact) mass is 707 g/mol. The van der Waals surface area contributed by atoms with Gasteiger partial charge in [0, 0.05) is 27.3 Å². The summed E-state index contributed by atoms with van der Waals surface area (Å²) in [5.74, 6) is -0.764. The standard InChI is InChI=1S/C34H27Cl2N3O6S2/c1-44-17-9-7-16(8-10-17)39-32(41)27-19-13-20(28(27)33(39)42)29-26(19)25(30-31(46-29)38-34(43)47-30)18-4-2-3-5-23(18)45-14-24(40)37-15-6-11-21(35)22(36)12-15/h2-12,19-20,25-29H,13-14H2,1H3,(H,37,40)(H,38,43)/t19?,20?,25-,26?,27?,28?,29?/m1/s1. The highest BCUT2D eigenvalue weighted by atomic mass is 35.5. The number of imide groups is 1. The number of nitrogens with one attached hydrogen (secondary N) is 2. The lowest BCUT2D eigenvalue weighted by atomic mass is 9.68. The van der Waals surface area contributed by atoms with Gasteiger partial charge in [-0.2, -0.15) is 0 Å². The van der Waals surface area contributed by atoms with E-state index in [1.807, 2.05) is 24.3 Å². The van der Waals surface area contributed by atoms with Crippen LogP contribution < -0.4 is 24.6 Å². The fourth-order valence-electron chi connectivity index (χ4n) is 8.13. The third kappa shape index (κ3) is 4.97. The molecule has 1 saturated heterocycles. The number of hydrogen-bond donors (Lipinski definition) is 2. The van der Waals surface area contributed by atoms with E-state index in [0.717, 1.165) is 21.9 Å². The molecule has 3 amide bonds. The molecule has 8 rings (SSSR count). The summed E-state index contributed by atoms with van der Waals surface area (Å²) in [7, 11) is 1.57. The summed E-state index contributed by atoms with van der Waals surface area (Å²) < 4.78 is 11.4. The first-order valence-corrected chi connectivity index (χ1v) is 17.6. The highest BCUT2D eigenvalue weighted by Gasteiger charge is 2.69. The number of thioether (sulfide) groups is 1. The van der Waals surface area contributed by atoms with E-state index >= 15 is 0 Å². The van der Waals surface area contributed by atoms with Crippen LogP contribution in [-0.4, -0.2) is 41.7 Å². The molecule has 9 nitrogen and oxygen atoms in total. The van der Waals surface area contributed by atoms with E-state index in [4.69, 9.17) is 32.7 Å². The molecule has 47 heavy (non-hydrogen) atoms. The number of carbonyl (C=O) groups is 3. The molecule has 2 saturated carbocycles. The molecular formula is C34H27Cl2N3O6S2. The van der Waals surface area contributed by atoms with Gasteiger partial charge < -0.3 is 19.8 Å². The van der Waals surface area contributed by atoms with E-state index in [0.29, 0.717) is 32.9 Å². The van der Waals surface area contributed by atoms with Crippen molar-refractivity contribution in [3.05, 3.63) is 96.9 Å². The van der Waals surface area contributed by atoms with E-state index in [9.17, 15) is 19.2 Å².